The molecule has 10 heteroatoms. The predicted octanol–water partition coefficient (Wildman–Crippen LogP) is -2.85. The normalized spacial score (nSPS) is 22.6. The minimum absolute atomic E-state index is 0.202. The van der Waals surface area contributed by atoms with Crippen LogP contribution < -0.4 is 20.4 Å². The lowest BCUT2D eigenvalue weighted by Gasteiger charge is -2.32. The second-order valence-corrected chi connectivity index (χ2v) is 5.42. The Hall–Kier alpha value is -1.53. The SMILES string of the molecule is [B]c1c([B])c(C(=O)C([B])(C)N(C)C)c(O)c2c1OC([B])(O)O2. The molecule has 6 nitrogen and oxygen atoms in total. The highest BCUT2D eigenvalue weighted by Crippen LogP contribution is 2.44. The molecule has 0 fully saturated rings. The van der Waals surface area contributed by atoms with Crippen molar-refractivity contribution in [2.75, 3.05) is 14.1 Å². The maximum Gasteiger partial charge on any atom is 0.303 e. The van der Waals surface area contributed by atoms with Crippen molar-refractivity contribution in [2.24, 2.45) is 0 Å². The molecule has 0 saturated carbocycles. The van der Waals surface area contributed by atoms with Crippen molar-refractivity contribution < 1.29 is 24.5 Å². The van der Waals surface area contributed by atoms with Crippen LogP contribution in [-0.2, 0) is 0 Å². The Labute approximate surface area is 133 Å². The van der Waals surface area contributed by atoms with Gasteiger partial charge in [0.15, 0.2) is 17.3 Å². The third-order valence-corrected chi connectivity index (χ3v) is 3.57. The molecule has 1 aromatic rings. The van der Waals surface area contributed by atoms with Gasteiger partial charge in [-0.2, -0.15) is 0 Å². The van der Waals surface area contributed by atoms with Crippen molar-refractivity contribution in [3.8, 4) is 17.2 Å². The van der Waals surface area contributed by atoms with Crippen LogP contribution in [0.4, 0.5) is 0 Å². The summed E-state index contributed by atoms with van der Waals surface area (Å²) in [5.41, 5.74) is -2.26. The number of aliphatic hydroxyl groups is 1. The van der Waals surface area contributed by atoms with Crippen LogP contribution in [0.5, 0.6) is 17.2 Å². The molecule has 2 rings (SSSR count). The average Bonchev–Trinajstić information content (AvgIpc) is 2.72. The highest BCUT2D eigenvalue weighted by atomic mass is 16.8. The number of phenolic OH excluding ortho intramolecular Hbond substituents is 1. The molecule has 0 saturated heterocycles. The fraction of sp³-hybridized carbons (Fsp3) is 0.417. The molecule has 0 amide bonds. The minimum Gasteiger partial charge on any atom is -0.504 e. The third kappa shape index (κ3) is 2.40. The molecule has 8 radical (unpaired) electrons. The van der Waals surface area contributed by atoms with E-state index in [2.05, 4.69) is 0 Å². The van der Waals surface area contributed by atoms with Crippen LogP contribution in [-0.4, -0.2) is 77.7 Å². The number of aromatic hydroxyl groups is 1. The van der Waals surface area contributed by atoms with Crippen molar-refractivity contribution in [2.45, 2.75) is 18.2 Å². The molecule has 0 aliphatic carbocycles. The number of fused-ring (bicyclic) bond motifs is 1. The Bertz CT molecular complexity index is 660. The summed E-state index contributed by atoms with van der Waals surface area (Å²) in [5, 5.41) is 19.8. The van der Waals surface area contributed by atoms with Crippen molar-refractivity contribution in [1.29, 1.82) is 0 Å². The maximum atomic E-state index is 12.6. The number of benzene rings is 1. The van der Waals surface area contributed by atoms with Crippen molar-refractivity contribution >= 4 is 48.1 Å². The van der Waals surface area contributed by atoms with Crippen LogP contribution in [0.25, 0.3) is 0 Å². The summed E-state index contributed by atoms with van der Waals surface area (Å²) < 4.78 is 9.69. The predicted molar refractivity (Wildman–Crippen MR) is 83.0 cm³/mol. The maximum absolute atomic E-state index is 12.6. The number of likely N-dealkylation sites (N-methyl/N-ethyl adjacent to an activating group) is 1. The Kier molecular flexibility index (Phi) is 3.82. The number of Topliss-reactive ketones (excluding diaryl/α,β-unsaturated/α-hetero) is 1. The molecule has 0 aromatic heterocycles. The summed E-state index contributed by atoms with van der Waals surface area (Å²) in [6.07, 6.45) is 0. The van der Waals surface area contributed by atoms with Crippen molar-refractivity contribution in [3.05, 3.63) is 5.56 Å². The van der Waals surface area contributed by atoms with Crippen LogP contribution in [0.1, 0.15) is 17.3 Å². The standard InChI is InChI=1S/C12H11B4NO5/c1-11(15,17(2)3)10(19)4-5(13)6(14)8-9(7(4)18)22-12(16,20)21-8/h18,20H,1-3H3. The summed E-state index contributed by atoms with van der Waals surface area (Å²) >= 11 is 0. The number of ether oxygens (including phenoxy) is 2. The lowest BCUT2D eigenvalue weighted by Crippen LogP contribution is -2.51. The lowest BCUT2D eigenvalue weighted by molar-refractivity contribution is -0.178. The van der Waals surface area contributed by atoms with Gasteiger partial charge >= 0.3 is 5.87 Å². The molecule has 106 valence electrons. The van der Waals surface area contributed by atoms with E-state index < -0.39 is 22.8 Å². The van der Waals surface area contributed by atoms with Gasteiger partial charge in [-0.3, -0.25) is 4.79 Å². The van der Waals surface area contributed by atoms with E-state index in [0.717, 1.165) is 0 Å². The van der Waals surface area contributed by atoms with Crippen LogP contribution in [0, 0.1) is 0 Å². The summed E-state index contributed by atoms with van der Waals surface area (Å²) in [6, 6.07) is 0. The van der Waals surface area contributed by atoms with E-state index in [1.807, 2.05) is 0 Å². The van der Waals surface area contributed by atoms with Gasteiger partial charge in [0.1, 0.15) is 23.5 Å². The topological polar surface area (TPSA) is 79.2 Å². The first-order valence-corrected chi connectivity index (χ1v) is 6.24. The van der Waals surface area contributed by atoms with Crippen LogP contribution in [0.2, 0.25) is 0 Å². The summed E-state index contributed by atoms with van der Waals surface area (Å²) in [4.78, 5) is 14.0. The van der Waals surface area contributed by atoms with Gasteiger partial charge in [0.05, 0.1) is 5.56 Å². The van der Waals surface area contributed by atoms with Gasteiger partial charge in [0.25, 0.3) is 0 Å². The van der Waals surface area contributed by atoms with Gasteiger partial charge < -0.3 is 24.6 Å². The number of hydrogen-bond donors (Lipinski definition) is 2. The van der Waals surface area contributed by atoms with E-state index >= 15 is 0 Å². The zero-order valence-corrected chi connectivity index (χ0v) is 12.4. The second-order valence-electron chi connectivity index (χ2n) is 5.42. The van der Waals surface area contributed by atoms with E-state index in [1.165, 1.54) is 11.8 Å². The fourth-order valence-electron chi connectivity index (χ4n) is 1.92. The first-order valence-electron chi connectivity index (χ1n) is 6.24. The molecule has 0 bridgehead atoms. The molecule has 1 heterocycles. The van der Waals surface area contributed by atoms with E-state index in [-0.39, 0.29) is 28.0 Å². The molecule has 1 aliphatic heterocycles. The van der Waals surface area contributed by atoms with E-state index in [1.54, 1.807) is 14.1 Å². The van der Waals surface area contributed by atoms with Gasteiger partial charge in [-0.05, 0) is 21.0 Å². The Morgan fingerprint density at radius 1 is 1.23 bits per heavy atom. The van der Waals surface area contributed by atoms with Gasteiger partial charge in [-0.1, -0.05) is 10.9 Å². The van der Waals surface area contributed by atoms with Gasteiger partial charge in [0.2, 0.25) is 13.6 Å². The molecule has 2 unspecified atom stereocenters. The third-order valence-electron chi connectivity index (χ3n) is 3.57. The molecule has 22 heavy (non-hydrogen) atoms. The van der Waals surface area contributed by atoms with E-state index in [0.29, 0.717) is 0 Å². The zero-order chi connectivity index (χ0) is 17.0. The fourth-order valence-corrected chi connectivity index (χ4v) is 1.92. The highest BCUT2D eigenvalue weighted by molar-refractivity contribution is 6.53. The van der Waals surface area contributed by atoms with E-state index in [9.17, 15) is 15.0 Å². The Balaban J connectivity index is 2.67. The van der Waals surface area contributed by atoms with Crippen molar-refractivity contribution in [3.63, 3.8) is 0 Å². The van der Waals surface area contributed by atoms with Gasteiger partial charge in [-0.25, -0.2) is 0 Å². The number of phenols is 1. The smallest absolute Gasteiger partial charge is 0.303 e. The number of rotatable bonds is 3. The summed E-state index contributed by atoms with van der Waals surface area (Å²) in [5.74, 6) is -4.50. The number of ketones is 1. The van der Waals surface area contributed by atoms with Crippen LogP contribution >= 0.6 is 0 Å². The number of nitrogens with zero attached hydrogens (tertiary/aromatic N) is 1. The second kappa shape index (κ2) is 4.99. The van der Waals surface area contributed by atoms with Crippen molar-refractivity contribution in [1.82, 2.24) is 4.90 Å². The molecule has 2 N–H and O–H groups in total. The molecular formula is C12H11B4NO5. The summed E-state index contributed by atoms with van der Waals surface area (Å²) in [7, 11) is 25.9. The average molecular weight is 292 g/mol. The lowest BCUT2D eigenvalue weighted by atomic mass is 9.67. The molecule has 1 aromatic carbocycles. The largest absolute Gasteiger partial charge is 0.504 e. The number of hydrogen-bond acceptors (Lipinski definition) is 6. The quantitative estimate of drug-likeness (QED) is 0.461. The number of carbonyl (C=O) groups excluding carboxylic acids is 1. The Morgan fingerprint density at radius 2 is 1.73 bits per heavy atom. The van der Waals surface area contributed by atoms with Gasteiger partial charge in [0, 0.05) is 5.44 Å². The van der Waals surface area contributed by atoms with E-state index in [4.69, 9.17) is 40.9 Å². The zero-order valence-electron chi connectivity index (χ0n) is 12.4. The molecule has 2 atom stereocenters. The molecule has 0 spiro atoms. The first-order chi connectivity index (χ1) is 9.90. The Morgan fingerprint density at radius 3 is 2.23 bits per heavy atom. The monoisotopic (exact) mass is 293 g/mol. The van der Waals surface area contributed by atoms with Crippen LogP contribution in [0.15, 0.2) is 0 Å². The molecular weight excluding hydrogens is 281 g/mol. The van der Waals surface area contributed by atoms with Gasteiger partial charge in [-0.15, -0.1) is 0 Å². The first kappa shape index (κ1) is 16.8. The molecule has 1 aliphatic rings. The van der Waals surface area contributed by atoms with Crippen LogP contribution in [0.3, 0.4) is 0 Å². The minimum atomic E-state index is -2.52. The highest BCUT2D eigenvalue weighted by Gasteiger charge is 2.41. The number of carbonyl (C=O) groups is 1. The summed E-state index contributed by atoms with van der Waals surface area (Å²) in [6.45, 7) is 1.44.